The Morgan fingerprint density at radius 2 is 1.09 bits per heavy atom. The maximum atomic E-state index is 14.7. The van der Waals surface area contributed by atoms with Crippen molar-refractivity contribution in [1.82, 2.24) is 15.3 Å². The Balaban J connectivity index is 1.38. The molecule has 304 valence electrons. The van der Waals surface area contributed by atoms with Crippen molar-refractivity contribution in [1.29, 1.82) is 0 Å². The highest BCUT2D eigenvalue weighted by Gasteiger charge is 2.53. The number of urea groups is 1. The van der Waals surface area contributed by atoms with Crippen molar-refractivity contribution in [3.05, 3.63) is 133 Å². The minimum absolute atomic E-state index is 0.0262. The number of aromatic nitrogens is 2. The fourth-order valence-electron chi connectivity index (χ4n) is 6.84. The number of sulfone groups is 1. The number of rotatable bonds is 14. The van der Waals surface area contributed by atoms with Crippen molar-refractivity contribution in [3.8, 4) is 0 Å². The second-order valence-corrected chi connectivity index (χ2v) is 18.9. The molecule has 2 atom stereocenters. The molecule has 3 N–H and O–H groups in total. The number of carbonyl (C=O) groups is 2. The highest BCUT2D eigenvalue weighted by Crippen LogP contribution is 2.42. The molecule has 0 aliphatic carbocycles. The Morgan fingerprint density at radius 1 is 0.655 bits per heavy atom. The normalized spacial score (nSPS) is 17.4. The first-order chi connectivity index (χ1) is 27.3. The molecular weight excluding hydrogens is 822 g/mol. The summed E-state index contributed by atoms with van der Waals surface area (Å²) < 4.78 is 122. The molecule has 1 aliphatic heterocycles. The Labute approximate surface area is 332 Å². The number of amides is 3. The molecule has 58 heavy (non-hydrogen) atoms. The molecule has 14 nitrogen and oxygen atoms in total. The lowest BCUT2D eigenvalue weighted by atomic mass is 9.77. The predicted octanol–water partition coefficient (Wildman–Crippen LogP) is 6.55. The smallest absolute Gasteiger partial charge is 0.323 e. The standard InChI is InChI=1S/C38H35F3N6O8S3/c1-25(31-17-19-42-23-33(31)45-57(52,53)29-9-5-3-6-10-29)21-37(22-26(2)32-18-20-43-24-34(32)46-58(54,55)30-11-7-4-8-12-30)35(48)47(36(49)44-37)27-13-15-28(16-14-27)56(50,51)38(39,40)41/h3-20,23-26,45-46H,21-22H2,1-2H3,(H,44,49). The molecule has 0 saturated carbocycles. The number of hydrogen-bond acceptors (Lipinski definition) is 10. The minimum atomic E-state index is -5.74. The summed E-state index contributed by atoms with van der Waals surface area (Å²) in [7, 11) is -14.0. The van der Waals surface area contributed by atoms with Gasteiger partial charge in [-0.2, -0.15) is 13.2 Å². The van der Waals surface area contributed by atoms with E-state index in [-0.39, 0.29) is 39.7 Å². The van der Waals surface area contributed by atoms with Gasteiger partial charge in [0.15, 0.2) is 0 Å². The topological polar surface area (TPSA) is 202 Å². The van der Waals surface area contributed by atoms with Gasteiger partial charge >= 0.3 is 11.5 Å². The van der Waals surface area contributed by atoms with Crippen LogP contribution in [0, 0.1) is 0 Å². The third-order valence-corrected chi connectivity index (χ3v) is 13.8. The fourth-order valence-corrected chi connectivity index (χ4v) is 9.78. The number of alkyl halides is 3. The van der Waals surface area contributed by atoms with Gasteiger partial charge in [-0.05, 0) is 96.5 Å². The molecule has 3 heterocycles. The van der Waals surface area contributed by atoms with Gasteiger partial charge in [-0.25, -0.2) is 34.9 Å². The van der Waals surface area contributed by atoms with E-state index in [0.29, 0.717) is 28.2 Å². The van der Waals surface area contributed by atoms with Crippen molar-refractivity contribution in [2.75, 3.05) is 14.3 Å². The molecule has 6 rings (SSSR count). The summed E-state index contributed by atoms with van der Waals surface area (Å²) in [5.74, 6) is -2.27. The number of sulfonamides is 2. The van der Waals surface area contributed by atoms with E-state index in [1.165, 1.54) is 49.1 Å². The van der Waals surface area contributed by atoms with Crippen LogP contribution >= 0.6 is 0 Å². The number of halogens is 3. The molecule has 1 fully saturated rings. The van der Waals surface area contributed by atoms with Crippen molar-refractivity contribution in [3.63, 3.8) is 0 Å². The summed E-state index contributed by atoms with van der Waals surface area (Å²) in [6.45, 7) is 3.37. The SMILES string of the molecule is CC(CC1(CC(C)c2ccncc2NS(=O)(=O)c2ccccc2)NC(=O)N(c2ccc(S(=O)(=O)C(F)(F)F)cc2)C1=O)c1ccncc1NS(=O)(=O)c1ccccc1. The second-order valence-electron chi connectivity index (χ2n) is 13.6. The highest BCUT2D eigenvalue weighted by molar-refractivity contribution is 7.93. The van der Waals surface area contributed by atoms with E-state index in [1.807, 2.05) is 0 Å². The maximum absolute atomic E-state index is 14.7. The zero-order chi connectivity index (χ0) is 42.1. The van der Waals surface area contributed by atoms with E-state index in [0.717, 1.165) is 12.1 Å². The van der Waals surface area contributed by atoms with Crippen molar-refractivity contribution < 1.29 is 48.0 Å². The van der Waals surface area contributed by atoms with Crippen molar-refractivity contribution in [2.45, 2.75) is 64.3 Å². The van der Waals surface area contributed by atoms with Crippen LogP contribution in [0.3, 0.4) is 0 Å². The summed E-state index contributed by atoms with van der Waals surface area (Å²) in [6.07, 6.45) is 5.06. The lowest BCUT2D eigenvalue weighted by Gasteiger charge is -2.33. The summed E-state index contributed by atoms with van der Waals surface area (Å²) in [5, 5.41) is 2.75. The van der Waals surface area contributed by atoms with Crippen molar-refractivity contribution >= 4 is 58.9 Å². The van der Waals surface area contributed by atoms with E-state index in [1.54, 1.807) is 62.4 Å². The van der Waals surface area contributed by atoms with Crippen LogP contribution in [0.5, 0.6) is 0 Å². The molecule has 3 aromatic carbocycles. The van der Waals surface area contributed by atoms with Gasteiger partial charge in [0.25, 0.3) is 35.8 Å². The van der Waals surface area contributed by atoms with Crippen LogP contribution in [0.2, 0.25) is 0 Å². The maximum Gasteiger partial charge on any atom is 0.501 e. The van der Waals surface area contributed by atoms with Crippen LogP contribution in [-0.2, 0) is 34.7 Å². The van der Waals surface area contributed by atoms with Crippen LogP contribution in [0.15, 0.2) is 137 Å². The first-order valence-electron chi connectivity index (χ1n) is 17.4. The summed E-state index contributed by atoms with van der Waals surface area (Å²) in [4.78, 5) is 36.2. The molecule has 3 amide bonds. The monoisotopic (exact) mass is 856 g/mol. The summed E-state index contributed by atoms with van der Waals surface area (Å²) in [6, 6.07) is 20.3. The summed E-state index contributed by atoms with van der Waals surface area (Å²) >= 11 is 0. The molecule has 0 radical (unpaired) electrons. The van der Waals surface area contributed by atoms with Crippen LogP contribution in [0.1, 0.15) is 49.7 Å². The third kappa shape index (κ3) is 8.39. The predicted molar refractivity (Wildman–Crippen MR) is 207 cm³/mol. The van der Waals surface area contributed by atoms with Gasteiger partial charge in [0.2, 0.25) is 0 Å². The van der Waals surface area contributed by atoms with Gasteiger partial charge in [-0.15, -0.1) is 0 Å². The van der Waals surface area contributed by atoms with Gasteiger partial charge < -0.3 is 5.32 Å². The molecule has 2 unspecified atom stereocenters. The third-order valence-electron chi connectivity index (χ3n) is 9.55. The van der Waals surface area contributed by atoms with Gasteiger partial charge in [-0.3, -0.25) is 24.2 Å². The van der Waals surface area contributed by atoms with E-state index in [9.17, 15) is 48.0 Å². The average Bonchev–Trinajstić information content (AvgIpc) is 3.42. The Kier molecular flexibility index (Phi) is 11.4. The van der Waals surface area contributed by atoms with E-state index < -0.39 is 69.6 Å². The molecule has 0 bridgehead atoms. The molecule has 20 heteroatoms. The Bertz CT molecular complexity index is 2550. The Hall–Kier alpha value is -5.86. The van der Waals surface area contributed by atoms with Crippen LogP contribution in [0.4, 0.5) is 35.0 Å². The highest BCUT2D eigenvalue weighted by atomic mass is 32.2. The van der Waals surface area contributed by atoms with Gasteiger partial charge in [0.1, 0.15) is 5.54 Å². The molecule has 1 saturated heterocycles. The summed E-state index contributed by atoms with van der Waals surface area (Å²) in [5.41, 5.74) is -6.68. The minimum Gasteiger partial charge on any atom is -0.323 e. The first kappa shape index (κ1) is 41.8. The number of anilines is 3. The molecule has 5 aromatic rings. The van der Waals surface area contributed by atoms with E-state index >= 15 is 0 Å². The van der Waals surface area contributed by atoms with E-state index in [2.05, 4.69) is 24.7 Å². The number of carbonyl (C=O) groups excluding carboxylic acids is 2. The van der Waals surface area contributed by atoms with Crippen LogP contribution in [0.25, 0.3) is 0 Å². The average molecular weight is 857 g/mol. The zero-order valence-corrected chi connectivity index (χ0v) is 33.0. The molecule has 0 spiro atoms. The second kappa shape index (κ2) is 15.8. The van der Waals surface area contributed by atoms with Crippen LogP contribution in [-0.4, -0.2) is 58.2 Å². The van der Waals surface area contributed by atoms with Gasteiger partial charge in [-0.1, -0.05) is 50.2 Å². The van der Waals surface area contributed by atoms with Crippen molar-refractivity contribution in [2.24, 2.45) is 0 Å². The molecular formula is C38H35F3N6O8S3. The quantitative estimate of drug-likeness (QED) is 0.103. The number of pyridine rings is 2. The van der Waals surface area contributed by atoms with E-state index in [4.69, 9.17) is 0 Å². The number of nitrogens with zero attached hydrogens (tertiary/aromatic N) is 3. The Morgan fingerprint density at radius 3 is 1.50 bits per heavy atom. The number of benzene rings is 3. The first-order valence-corrected chi connectivity index (χ1v) is 21.8. The van der Waals surface area contributed by atoms with Crippen LogP contribution < -0.4 is 19.7 Å². The number of imide groups is 1. The molecule has 1 aliphatic rings. The van der Waals surface area contributed by atoms with Gasteiger partial charge in [0.05, 0.1) is 44.1 Å². The fraction of sp³-hybridized carbons (Fsp3) is 0.211. The van der Waals surface area contributed by atoms with Gasteiger partial charge in [0, 0.05) is 12.4 Å². The number of nitrogens with one attached hydrogen (secondary N) is 3. The largest absolute Gasteiger partial charge is 0.501 e. The lowest BCUT2D eigenvalue weighted by molar-refractivity contribution is -0.122. The zero-order valence-electron chi connectivity index (χ0n) is 30.6. The lowest BCUT2D eigenvalue weighted by Crippen LogP contribution is -2.49. The number of hydrogen-bond donors (Lipinski definition) is 3. The molecule has 2 aromatic heterocycles.